The predicted molar refractivity (Wildman–Crippen MR) is 59.0 cm³/mol. The van der Waals surface area contributed by atoms with Crippen molar-refractivity contribution in [2.45, 2.75) is 13.5 Å². The summed E-state index contributed by atoms with van der Waals surface area (Å²) in [5, 5.41) is 0. The molecule has 92 valence electrons. The normalized spacial score (nSPS) is 9.47. The third-order valence-electron chi connectivity index (χ3n) is 1.79. The monoisotopic (exact) mass is 239 g/mol. The van der Waals surface area contributed by atoms with Crippen molar-refractivity contribution >= 4 is 12.0 Å². The van der Waals surface area contributed by atoms with Crippen LogP contribution in [0.1, 0.15) is 6.92 Å². The van der Waals surface area contributed by atoms with Crippen LogP contribution in [0.25, 0.3) is 0 Å². The fraction of sp³-hybridized carbons (Fsp3) is 0.300. The number of carbonyl (C=O) groups is 2. The van der Waals surface area contributed by atoms with Gasteiger partial charge in [-0.1, -0.05) is 6.07 Å². The highest BCUT2D eigenvalue weighted by Crippen LogP contribution is 1.82. The number of ether oxygens (including phenoxy) is 1. The lowest BCUT2D eigenvalue weighted by molar-refractivity contribution is -0.122. The van der Waals surface area contributed by atoms with Crippen LogP contribution >= 0.6 is 0 Å². The van der Waals surface area contributed by atoms with Crippen LogP contribution in [-0.4, -0.2) is 23.2 Å². The summed E-state index contributed by atoms with van der Waals surface area (Å²) in [6.45, 7) is 1.68. The maximum absolute atomic E-state index is 11.3. The Morgan fingerprint density at radius 3 is 2.76 bits per heavy atom. The molecule has 0 unspecified atom stereocenters. The van der Waals surface area contributed by atoms with Gasteiger partial charge in [0, 0.05) is 12.3 Å². The van der Waals surface area contributed by atoms with Gasteiger partial charge in [0.05, 0.1) is 6.61 Å². The number of hydrogen-bond donors (Lipinski definition) is 2. The van der Waals surface area contributed by atoms with Crippen LogP contribution in [0.3, 0.4) is 0 Å². The Morgan fingerprint density at radius 2 is 2.12 bits per heavy atom. The molecule has 0 atom stereocenters. The average molecular weight is 239 g/mol. The van der Waals surface area contributed by atoms with Gasteiger partial charge < -0.3 is 9.30 Å². The van der Waals surface area contributed by atoms with Gasteiger partial charge in [-0.05, 0) is 13.0 Å². The van der Waals surface area contributed by atoms with Gasteiger partial charge in [-0.15, -0.1) is 0 Å². The molecule has 0 saturated heterocycles. The molecule has 0 aliphatic carbocycles. The molecule has 0 saturated carbocycles. The van der Waals surface area contributed by atoms with Crippen molar-refractivity contribution in [3.05, 3.63) is 34.7 Å². The van der Waals surface area contributed by atoms with Gasteiger partial charge in [-0.25, -0.2) is 10.2 Å². The van der Waals surface area contributed by atoms with E-state index in [1.807, 2.05) is 5.43 Å². The van der Waals surface area contributed by atoms with E-state index in [-0.39, 0.29) is 18.7 Å². The molecule has 2 amide bonds. The van der Waals surface area contributed by atoms with Crippen molar-refractivity contribution in [2.75, 3.05) is 6.61 Å². The van der Waals surface area contributed by atoms with Crippen LogP contribution < -0.4 is 16.4 Å². The molecule has 1 aromatic rings. The summed E-state index contributed by atoms with van der Waals surface area (Å²) in [5.74, 6) is -0.522. The van der Waals surface area contributed by atoms with Crippen molar-refractivity contribution in [3.8, 4) is 0 Å². The summed E-state index contributed by atoms with van der Waals surface area (Å²) in [7, 11) is 0. The van der Waals surface area contributed by atoms with Crippen LogP contribution in [-0.2, 0) is 16.1 Å². The Kier molecular flexibility index (Phi) is 4.74. The summed E-state index contributed by atoms with van der Waals surface area (Å²) in [4.78, 5) is 33.4. The Bertz CT molecular complexity index is 455. The maximum Gasteiger partial charge on any atom is 0.426 e. The number of rotatable bonds is 3. The largest absolute Gasteiger partial charge is 0.449 e. The fourth-order valence-electron chi connectivity index (χ4n) is 1.07. The standard InChI is InChI=1S/C10H13N3O4/c1-2-17-10(16)12-11-8(14)7-13-6-4-3-5-9(13)15/h3-6H,2,7H2,1H3,(H,11,14)(H,12,16). The lowest BCUT2D eigenvalue weighted by Crippen LogP contribution is -2.44. The van der Waals surface area contributed by atoms with Crippen LogP contribution in [0.15, 0.2) is 29.2 Å². The van der Waals surface area contributed by atoms with Crippen LogP contribution in [0.5, 0.6) is 0 Å². The number of aromatic nitrogens is 1. The van der Waals surface area contributed by atoms with Crippen molar-refractivity contribution in [2.24, 2.45) is 0 Å². The van der Waals surface area contributed by atoms with Gasteiger partial charge in [0.15, 0.2) is 0 Å². The lowest BCUT2D eigenvalue weighted by atomic mass is 10.4. The van der Waals surface area contributed by atoms with E-state index in [0.29, 0.717) is 0 Å². The molecule has 7 heteroatoms. The smallest absolute Gasteiger partial charge is 0.426 e. The van der Waals surface area contributed by atoms with Crippen LogP contribution in [0.4, 0.5) is 4.79 Å². The summed E-state index contributed by atoms with van der Waals surface area (Å²) >= 11 is 0. The zero-order chi connectivity index (χ0) is 12.7. The van der Waals surface area contributed by atoms with Crippen LogP contribution in [0.2, 0.25) is 0 Å². The van der Waals surface area contributed by atoms with Gasteiger partial charge in [-0.2, -0.15) is 0 Å². The highest BCUT2D eigenvalue weighted by Gasteiger charge is 2.05. The Hall–Kier alpha value is -2.31. The van der Waals surface area contributed by atoms with Crippen molar-refractivity contribution in [1.29, 1.82) is 0 Å². The average Bonchev–Trinajstić information content (AvgIpc) is 2.30. The van der Waals surface area contributed by atoms with E-state index in [2.05, 4.69) is 10.2 Å². The fourth-order valence-corrected chi connectivity index (χ4v) is 1.07. The molecule has 0 radical (unpaired) electrons. The molecular weight excluding hydrogens is 226 g/mol. The number of pyridine rings is 1. The second kappa shape index (κ2) is 6.31. The SMILES string of the molecule is CCOC(=O)NNC(=O)Cn1ccccc1=O. The number of carbonyl (C=O) groups excluding carboxylic acids is 2. The molecule has 0 fully saturated rings. The van der Waals surface area contributed by atoms with E-state index in [1.54, 1.807) is 19.1 Å². The molecule has 1 heterocycles. The van der Waals surface area contributed by atoms with Crippen molar-refractivity contribution < 1.29 is 14.3 Å². The quantitative estimate of drug-likeness (QED) is 0.704. The predicted octanol–water partition coefficient (Wildman–Crippen LogP) is -0.374. The molecule has 0 spiro atoms. The maximum atomic E-state index is 11.3. The first-order valence-corrected chi connectivity index (χ1v) is 5.00. The molecule has 1 aromatic heterocycles. The lowest BCUT2D eigenvalue weighted by Gasteiger charge is -2.08. The molecular formula is C10H13N3O4. The molecule has 0 aromatic carbocycles. The second-order valence-electron chi connectivity index (χ2n) is 3.06. The van der Waals surface area contributed by atoms with Crippen LogP contribution in [0, 0.1) is 0 Å². The van der Waals surface area contributed by atoms with Crippen molar-refractivity contribution in [1.82, 2.24) is 15.4 Å². The molecule has 2 N–H and O–H groups in total. The van der Waals surface area contributed by atoms with Gasteiger partial charge in [0.1, 0.15) is 6.54 Å². The highest BCUT2D eigenvalue weighted by atomic mass is 16.5. The summed E-state index contributed by atoms with van der Waals surface area (Å²) in [5.41, 5.74) is 3.87. The molecule has 0 aliphatic rings. The van der Waals surface area contributed by atoms with Crippen molar-refractivity contribution in [3.63, 3.8) is 0 Å². The second-order valence-corrected chi connectivity index (χ2v) is 3.06. The zero-order valence-corrected chi connectivity index (χ0v) is 9.30. The molecule has 1 rings (SSSR count). The first-order valence-electron chi connectivity index (χ1n) is 5.00. The Balaban J connectivity index is 2.43. The van der Waals surface area contributed by atoms with E-state index < -0.39 is 12.0 Å². The summed E-state index contributed by atoms with van der Waals surface area (Å²) in [6.07, 6.45) is 0.730. The van der Waals surface area contributed by atoms with E-state index in [4.69, 9.17) is 0 Å². The van der Waals surface area contributed by atoms with Gasteiger partial charge in [0.2, 0.25) is 0 Å². The first kappa shape index (κ1) is 12.8. The van der Waals surface area contributed by atoms with E-state index in [9.17, 15) is 14.4 Å². The van der Waals surface area contributed by atoms with Gasteiger partial charge in [-0.3, -0.25) is 15.0 Å². The number of amides is 2. The Labute approximate surface area is 97.4 Å². The third-order valence-corrected chi connectivity index (χ3v) is 1.79. The molecule has 7 nitrogen and oxygen atoms in total. The topological polar surface area (TPSA) is 89.4 Å². The van der Waals surface area contributed by atoms with E-state index in [1.165, 1.54) is 16.8 Å². The molecule has 0 aliphatic heterocycles. The van der Waals surface area contributed by atoms with Gasteiger partial charge in [0.25, 0.3) is 11.5 Å². The summed E-state index contributed by atoms with van der Waals surface area (Å²) in [6, 6.07) is 4.55. The van der Waals surface area contributed by atoms with Gasteiger partial charge >= 0.3 is 6.09 Å². The summed E-state index contributed by atoms with van der Waals surface area (Å²) < 4.78 is 5.74. The minimum absolute atomic E-state index is 0.175. The number of hydrazine groups is 1. The van der Waals surface area contributed by atoms with E-state index in [0.717, 1.165) is 0 Å². The third kappa shape index (κ3) is 4.37. The number of nitrogens with one attached hydrogen (secondary N) is 2. The zero-order valence-electron chi connectivity index (χ0n) is 9.30. The minimum Gasteiger partial charge on any atom is -0.449 e. The molecule has 17 heavy (non-hydrogen) atoms. The Morgan fingerprint density at radius 1 is 1.35 bits per heavy atom. The molecule has 0 bridgehead atoms. The number of nitrogens with zero attached hydrogens (tertiary/aromatic N) is 1. The van der Waals surface area contributed by atoms with E-state index >= 15 is 0 Å². The number of hydrogen-bond acceptors (Lipinski definition) is 4. The minimum atomic E-state index is -0.749. The first-order chi connectivity index (χ1) is 8.13. The highest BCUT2D eigenvalue weighted by molar-refractivity contribution is 5.78.